The van der Waals surface area contributed by atoms with Crippen LogP contribution in [0.1, 0.15) is 31.7 Å². The first-order chi connectivity index (χ1) is 17.0. The van der Waals surface area contributed by atoms with Crippen molar-refractivity contribution in [2.24, 2.45) is 5.92 Å². The standard InChI is InChI=1S/C26H29N5O4/c1-4-35-21-11-9-20(10-12-21)30-13-14-31-23(28-29-25(31)26(30)33)15-18(2)16-24(32)27-17-19-7-5-6-8-22(19)34-3/h5-14,18H,4,15-17H2,1-3H3,(H,27,32)/t18-/m1/s1. The monoisotopic (exact) mass is 475 g/mol. The van der Waals surface area contributed by atoms with Crippen LogP contribution in [0.4, 0.5) is 0 Å². The number of nitrogens with zero attached hydrogens (tertiary/aromatic N) is 4. The number of hydrogen-bond acceptors (Lipinski definition) is 6. The summed E-state index contributed by atoms with van der Waals surface area (Å²) in [6.07, 6.45) is 4.31. The molecule has 0 saturated heterocycles. The van der Waals surface area contributed by atoms with Crippen molar-refractivity contribution in [1.29, 1.82) is 0 Å². The lowest BCUT2D eigenvalue weighted by Crippen LogP contribution is -2.25. The Labute approximate surface area is 203 Å². The average Bonchev–Trinajstić information content (AvgIpc) is 3.27. The summed E-state index contributed by atoms with van der Waals surface area (Å²) in [5.74, 6) is 2.08. The minimum atomic E-state index is -0.266. The third-order valence-corrected chi connectivity index (χ3v) is 5.70. The zero-order valence-corrected chi connectivity index (χ0v) is 20.1. The zero-order valence-electron chi connectivity index (χ0n) is 20.1. The van der Waals surface area contributed by atoms with Gasteiger partial charge in [0.2, 0.25) is 11.6 Å². The predicted molar refractivity (Wildman–Crippen MR) is 132 cm³/mol. The van der Waals surface area contributed by atoms with Crippen molar-refractivity contribution < 1.29 is 14.3 Å². The van der Waals surface area contributed by atoms with Crippen molar-refractivity contribution in [1.82, 2.24) is 24.5 Å². The van der Waals surface area contributed by atoms with Crippen LogP contribution < -0.4 is 20.3 Å². The maximum Gasteiger partial charge on any atom is 0.300 e. The van der Waals surface area contributed by atoms with Crippen molar-refractivity contribution >= 4 is 11.6 Å². The van der Waals surface area contributed by atoms with Gasteiger partial charge in [-0.25, -0.2) is 0 Å². The Morgan fingerprint density at radius 1 is 1.09 bits per heavy atom. The number of carbonyl (C=O) groups excluding carboxylic acids is 1. The van der Waals surface area contributed by atoms with Crippen molar-refractivity contribution in [2.75, 3.05) is 13.7 Å². The molecule has 9 nitrogen and oxygen atoms in total. The van der Waals surface area contributed by atoms with Crippen molar-refractivity contribution in [2.45, 2.75) is 33.2 Å². The quantitative estimate of drug-likeness (QED) is 0.378. The molecule has 2 aromatic heterocycles. The lowest BCUT2D eigenvalue weighted by molar-refractivity contribution is -0.122. The number of fused-ring (bicyclic) bond motifs is 1. The molecule has 2 heterocycles. The van der Waals surface area contributed by atoms with Gasteiger partial charge in [0.05, 0.1) is 13.7 Å². The summed E-state index contributed by atoms with van der Waals surface area (Å²) in [4.78, 5) is 25.5. The highest BCUT2D eigenvalue weighted by Crippen LogP contribution is 2.18. The number of carbonyl (C=O) groups is 1. The summed E-state index contributed by atoms with van der Waals surface area (Å²) >= 11 is 0. The van der Waals surface area contributed by atoms with Gasteiger partial charge in [-0.05, 0) is 43.2 Å². The lowest BCUT2D eigenvalue weighted by Gasteiger charge is -2.12. The summed E-state index contributed by atoms with van der Waals surface area (Å²) in [5.41, 5.74) is 1.61. The van der Waals surface area contributed by atoms with Crippen LogP contribution in [0.15, 0.2) is 65.7 Å². The molecule has 0 unspecified atom stereocenters. The fraction of sp³-hybridized carbons (Fsp3) is 0.308. The van der Waals surface area contributed by atoms with E-state index in [-0.39, 0.29) is 23.0 Å². The first-order valence-electron chi connectivity index (χ1n) is 11.6. The summed E-state index contributed by atoms with van der Waals surface area (Å²) in [5, 5.41) is 11.3. The molecule has 182 valence electrons. The summed E-state index contributed by atoms with van der Waals surface area (Å²) < 4.78 is 14.0. The summed E-state index contributed by atoms with van der Waals surface area (Å²) in [6, 6.07) is 14.9. The Kier molecular flexibility index (Phi) is 7.45. The van der Waals surface area contributed by atoms with Gasteiger partial charge < -0.3 is 14.8 Å². The third-order valence-electron chi connectivity index (χ3n) is 5.70. The first kappa shape index (κ1) is 24.0. The van der Waals surface area contributed by atoms with Crippen LogP contribution in [-0.2, 0) is 17.8 Å². The van der Waals surface area contributed by atoms with E-state index < -0.39 is 0 Å². The van der Waals surface area contributed by atoms with E-state index in [2.05, 4.69) is 15.5 Å². The zero-order chi connectivity index (χ0) is 24.8. The van der Waals surface area contributed by atoms with E-state index in [9.17, 15) is 9.59 Å². The first-order valence-corrected chi connectivity index (χ1v) is 11.6. The van der Waals surface area contributed by atoms with E-state index in [1.807, 2.05) is 62.4 Å². The average molecular weight is 476 g/mol. The van der Waals surface area contributed by atoms with Gasteiger partial charge in [0.1, 0.15) is 17.3 Å². The van der Waals surface area contributed by atoms with E-state index in [0.717, 1.165) is 17.1 Å². The van der Waals surface area contributed by atoms with E-state index in [0.29, 0.717) is 37.5 Å². The molecule has 0 aliphatic heterocycles. The van der Waals surface area contributed by atoms with Gasteiger partial charge >= 0.3 is 5.56 Å². The molecule has 0 radical (unpaired) electrons. The largest absolute Gasteiger partial charge is 0.496 e. The van der Waals surface area contributed by atoms with Crippen LogP contribution in [0.3, 0.4) is 0 Å². The normalized spacial score (nSPS) is 11.9. The van der Waals surface area contributed by atoms with Crippen LogP contribution in [0, 0.1) is 5.92 Å². The van der Waals surface area contributed by atoms with Gasteiger partial charge in [-0.15, -0.1) is 10.2 Å². The second-order valence-electron chi connectivity index (χ2n) is 8.31. The maximum absolute atomic E-state index is 13.0. The Hall–Kier alpha value is -4.14. The molecule has 4 rings (SSSR count). The maximum atomic E-state index is 13.0. The molecule has 2 aromatic carbocycles. The molecule has 9 heteroatoms. The van der Waals surface area contributed by atoms with Crippen molar-refractivity contribution in [3.8, 4) is 17.2 Å². The second-order valence-corrected chi connectivity index (χ2v) is 8.31. The molecule has 0 saturated carbocycles. The molecule has 35 heavy (non-hydrogen) atoms. The third kappa shape index (κ3) is 5.51. The second kappa shape index (κ2) is 10.9. The number of amides is 1. The number of benzene rings is 2. The summed E-state index contributed by atoms with van der Waals surface area (Å²) in [6.45, 7) is 4.87. The van der Waals surface area contributed by atoms with E-state index >= 15 is 0 Å². The fourth-order valence-corrected chi connectivity index (χ4v) is 3.96. The highest BCUT2D eigenvalue weighted by atomic mass is 16.5. The Balaban J connectivity index is 1.41. The molecule has 0 aliphatic rings. The number of rotatable bonds is 10. The minimum absolute atomic E-state index is 0.00797. The highest BCUT2D eigenvalue weighted by molar-refractivity contribution is 5.76. The highest BCUT2D eigenvalue weighted by Gasteiger charge is 2.16. The Morgan fingerprint density at radius 2 is 1.86 bits per heavy atom. The molecule has 4 aromatic rings. The molecular formula is C26H29N5O4. The molecule has 1 N–H and O–H groups in total. The van der Waals surface area contributed by atoms with Crippen LogP contribution in [-0.4, -0.2) is 38.8 Å². The van der Waals surface area contributed by atoms with Crippen LogP contribution in [0.25, 0.3) is 11.3 Å². The van der Waals surface area contributed by atoms with Crippen LogP contribution in [0.2, 0.25) is 0 Å². The molecule has 1 amide bonds. The number of ether oxygens (including phenoxy) is 2. The van der Waals surface area contributed by atoms with E-state index in [1.165, 1.54) is 4.57 Å². The topological polar surface area (TPSA) is 99.8 Å². The van der Waals surface area contributed by atoms with Crippen LogP contribution >= 0.6 is 0 Å². The number of nitrogens with one attached hydrogen (secondary N) is 1. The Morgan fingerprint density at radius 3 is 2.60 bits per heavy atom. The molecule has 0 aliphatic carbocycles. The summed E-state index contributed by atoms with van der Waals surface area (Å²) in [7, 11) is 1.61. The number of aromatic nitrogens is 4. The molecule has 0 spiro atoms. The minimum Gasteiger partial charge on any atom is -0.496 e. The number of hydrogen-bond donors (Lipinski definition) is 1. The van der Waals surface area contributed by atoms with Crippen LogP contribution in [0.5, 0.6) is 11.5 Å². The smallest absolute Gasteiger partial charge is 0.300 e. The van der Waals surface area contributed by atoms with E-state index in [4.69, 9.17) is 9.47 Å². The molecular weight excluding hydrogens is 446 g/mol. The van der Waals surface area contributed by atoms with Gasteiger partial charge in [0.25, 0.3) is 0 Å². The van der Waals surface area contributed by atoms with Crippen molar-refractivity contribution in [3.05, 3.63) is 82.7 Å². The van der Waals surface area contributed by atoms with Gasteiger partial charge in [-0.3, -0.25) is 18.6 Å². The number of methoxy groups -OCH3 is 1. The van der Waals surface area contributed by atoms with Gasteiger partial charge in [-0.1, -0.05) is 25.1 Å². The molecule has 0 bridgehead atoms. The van der Waals surface area contributed by atoms with Crippen molar-refractivity contribution in [3.63, 3.8) is 0 Å². The molecule has 0 fully saturated rings. The lowest BCUT2D eigenvalue weighted by atomic mass is 10.0. The Bertz CT molecular complexity index is 1360. The van der Waals surface area contributed by atoms with Gasteiger partial charge in [-0.2, -0.15) is 0 Å². The van der Waals surface area contributed by atoms with Gasteiger partial charge in [0.15, 0.2) is 0 Å². The number of para-hydroxylation sites is 1. The van der Waals surface area contributed by atoms with E-state index in [1.54, 1.807) is 23.9 Å². The SMILES string of the molecule is CCOc1ccc(-n2ccn3c(C[C@@H](C)CC(=O)NCc4ccccc4OC)nnc3c2=O)cc1. The predicted octanol–water partition coefficient (Wildman–Crippen LogP) is 3.17. The fourth-order valence-electron chi connectivity index (χ4n) is 3.96. The van der Waals surface area contributed by atoms with Gasteiger partial charge in [0, 0.05) is 43.0 Å². The molecule has 1 atom stereocenters.